The Labute approximate surface area is 117 Å². The van der Waals surface area contributed by atoms with Gasteiger partial charge in [0.25, 0.3) is 0 Å². The second-order valence-corrected chi connectivity index (χ2v) is 6.17. The highest BCUT2D eigenvalue weighted by Crippen LogP contribution is 2.21. The zero-order valence-electron chi connectivity index (χ0n) is 12.8. The quantitative estimate of drug-likeness (QED) is 0.781. The van der Waals surface area contributed by atoms with E-state index in [0.29, 0.717) is 5.92 Å². The van der Waals surface area contributed by atoms with Gasteiger partial charge in [-0.25, -0.2) is 0 Å². The molecule has 0 atom stereocenters. The molecule has 3 heteroatoms. The summed E-state index contributed by atoms with van der Waals surface area (Å²) in [5.74, 6) is 2.88. The summed E-state index contributed by atoms with van der Waals surface area (Å²) in [5.41, 5.74) is 1.32. The molecule has 1 heterocycles. The maximum absolute atomic E-state index is 5.90. The van der Waals surface area contributed by atoms with Gasteiger partial charge in [0.1, 0.15) is 11.5 Å². The van der Waals surface area contributed by atoms with Gasteiger partial charge in [0.15, 0.2) is 0 Å². The van der Waals surface area contributed by atoms with Crippen LogP contribution < -0.4 is 5.32 Å². The van der Waals surface area contributed by atoms with Crippen LogP contribution in [0.15, 0.2) is 10.5 Å². The van der Waals surface area contributed by atoms with Crippen molar-refractivity contribution < 1.29 is 4.42 Å². The Morgan fingerprint density at radius 2 is 2.16 bits per heavy atom. The summed E-state index contributed by atoms with van der Waals surface area (Å²) in [4.78, 5) is 2.45. The lowest BCUT2D eigenvalue weighted by atomic mass is 10.2. The van der Waals surface area contributed by atoms with E-state index in [2.05, 4.69) is 44.0 Å². The molecule has 1 aliphatic carbocycles. The molecule has 19 heavy (non-hydrogen) atoms. The number of hydrogen-bond donors (Lipinski definition) is 1. The minimum Gasteiger partial charge on any atom is -0.465 e. The van der Waals surface area contributed by atoms with Crippen LogP contribution in [0.1, 0.15) is 50.7 Å². The molecule has 0 spiro atoms. The summed E-state index contributed by atoms with van der Waals surface area (Å²) in [6.07, 6.45) is 2.67. The second-order valence-electron chi connectivity index (χ2n) is 6.17. The van der Waals surface area contributed by atoms with Crippen molar-refractivity contribution in [3.8, 4) is 0 Å². The number of rotatable bonds is 8. The van der Waals surface area contributed by atoms with Crippen molar-refractivity contribution in [3.05, 3.63) is 23.2 Å². The van der Waals surface area contributed by atoms with E-state index in [1.807, 2.05) is 0 Å². The van der Waals surface area contributed by atoms with Gasteiger partial charge in [-0.3, -0.25) is 4.90 Å². The molecule has 0 amide bonds. The Balaban J connectivity index is 1.89. The highest BCUT2D eigenvalue weighted by Gasteiger charge is 2.21. The zero-order valence-corrected chi connectivity index (χ0v) is 12.8. The average Bonchev–Trinajstić information content (AvgIpc) is 3.10. The van der Waals surface area contributed by atoms with Crippen molar-refractivity contribution in [3.63, 3.8) is 0 Å². The van der Waals surface area contributed by atoms with Gasteiger partial charge in [0.2, 0.25) is 0 Å². The Kier molecular flexibility index (Phi) is 5.06. The van der Waals surface area contributed by atoms with Gasteiger partial charge >= 0.3 is 0 Å². The molecule has 0 aromatic carbocycles. The van der Waals surface area contributed by atoms with E-state index >= 15 is 0 Å². The van der Waals surface area contributed by atoms with Crippen molar-refractivity contribution in [2.75, 3.05) is 13.1 Å². The van der Waals surface area contributed by atoms with E-state index in [1.54, 1.807) is 0 Å². The van der Waals surface area contributed by atoms with Gasteiger partial charge in [0, 0.05) is 24.7 Å². The van der Waals surface area contributed by atoms with E-state index < -0.39 is 0 Å². The minimum absolute atomic E-state index is 0.701. The van der Waals surface area contributed by atoms with Gasteiger partial charge in [-0.1, -0.05) is 20.8 Å². The van der Waals surface area contributed by atoms with Crippen LogP contribution in [0, 0.1) is 12.8 Å². The van der Waals surface area contributed by atoms with Crippen LogP contribution in [-0.2, 0) is 13.1 Å². The lowest BCUT2D eigenvalue weighted by Crippen LogP contribution is -2.26. The van der Waals surface area contributed by atoms with E-state index in [0.717, 1.165) is 43.7 Å². The molecule has 0 radical (unpaired) electrons. The molecule has 0 aliphatic heterocycles. The molecule has 2 rings (SSSR count). The fourth-order valence-electron chi connectivity index (χ4n) is 2.43. The number of hydrogen-bond acceptors (Lipinski definition) is 3. The summed E-state index contributed by atoms with van der Waals surface area (Å²) in [6, 6.07) is 2.99. The maximum atomic E-state index is 5.90. The van der Waals surface area contributed by atoms with Gasteiger partial charge in [-0.05, 0) is 38.3 Å². The average molecular weight is 264 g/mol. The Morgan fingerprint density at radius 3 is 2.74 bits per heavy atom. The monoisotopic (exact) mass is 264 g/mol. The molecule has 108 valence electrons. The van der Waals surface area contributed by atoms with Crippen LogP contribution in [0.2, 0.25) is 0 Å². The first-order valence-corrected chi connectivity index (χ1v) is 7.62. The molecule has 0 bridgehead atoms. The van der Waals surface area contributed by atoms with Gasteiger partial charge < -0.3 is 9.73 Å². The van der Waals surface area contributed by atoms with E-state index in [4.69, 9.17) is 4.42 Å². The largest absolute Gasteiger partial charge is 0.465 e. The van der Waals surface area contributed by atoms with E-state index in [-0.39, 0.29) is 0 Å². The molecular weight excluding hydrogens is 236 g/mol. The lowest BCUT2D eigenvalue weighted by molar-refractivity contribution is 0.228. The highest BCUT2D eigenvalue weighted by molar-refractivity contribution is 5.21. The first-order valence-electron chi connectivity index (χ1n) is 7.62. The van der Waals surface area contributed by atoms with Crippen LogP contribution in [0.3, 0.4) is 0 Å². The molecule has 1 saturated carbocycles. The summed E-state index contributed by atoms with van der Waals surface area (Å²) < 4.78 is 5.90. The van der Waals surface area contributed by atoms with Crippen LogP contribution in [0.25, 0.3) is 0 Å². The van der Waals surface area contributed by atoms with Crippen LogP contribution in [0.4, 0.5) is 0 Å². The molecule has 1 aromatic rings. The predicted molar refractivity (Wildman–Crippen MR) is 79.1 cm³/mol. The maximum Gasteiger partial charge on any atom is 0.118 e. The summed E-state index contributed by atoms with van der Waals surface area (Å²) in [7, 11) is 0. The smallest absolute Gasteiger partial charge is 0.118 e. The fraction of sp³-hybridized carbons (Fsp3) is 0.750. The number of nitrogens with one attached hydrogen (secondary N) is 1. The first kappa shape index (κ1) is 14.6. The molecular formula is C16H28N2O. The summed E-state index contributed by atoms with van der Waals surface area (Å²) >= 11 is 0. The molecule has 3 nitrogen and oxygen atoms in total. The van der Waals surface area contributed by atoms with Crippen molar-refractivity contribution in [2.24, 2.45) is 5.92 Å². The van der Waals surface area contributed by atoms with Gasteiger partial charge in [0.05, 0.1) is 6.54 Å². The first-order chi connectivity index (χ1) is 9.08. The third-order valence-electron chi connectivity index (χ3n) is 3.68. The van der Waals surface area contributed by atoms with Crippen LogP contribution >= 0.6 is 0 Å². The second kappa shape index (κ2) is 6.58. The van der Waals surface area contributed by atoms with E-state index in [9.17, 15) is 0 Å². The Bertz CT molecular complexity index is 393. The number of nitrogens with zero attached hydrogens (tertiary/aromatic N) is 1. The fourth-order valence-corrected chi connectivity index (χ4v) is 2.43. The lowest BCUT2D eigenvalue weighted by Gasteiger charge is -2.21. The summed E-state index contributed by atoms with van der Waals surface area (Å²) in [6.45, 7) is 12.9. The van der Waals surface area contributed by atoms with Crippen LogP contribution in [0.5, 0.6) is 0 Å². The normalized spacial score (nSPS) is 15.7. The molecule has 1 N–H and O–H groups in total. The topological polar surface area (TPSA) is 28.4 Å². The number of aryl methyl sites for hydroxylation is 1. The van der Waals surface area contributed by atoms with Gasteiger partial charge in [-0.15, -0.1) is 0 Å². The number of furan rings is 1. The predicted octanol–water partition coefficient (Wildman–Crippen LogP) is 3.32. The molecule has 1 fully saturated rings. The van der Waals surface area contributed by atoms with Crippen molar-refractivity contribution in [2.45, 2.75) is 59.7 Å². The third kappa shape index (κ3) is 4.66. The highest BCUT2D eigenvalue weighted by atomic mass is 16.3. The van der Waals surface area contributed by atoms with Gasteiger partial charge in [-0.2, -0.15) is 0 Å². The Hall–Kier alpha value is -0.800. The molecule has 0 saturated heterocycles. The van der Waals surface area contributed by atoms with Crippen molar-refractivity contribution in [1.82, 2.24) is 10.2 Å². The standard InChI is InChI=1S/C16H28N2O/c1-5-18(10-12(2)3)11-16-8-14(13(4)19-16)9-17-15-6-7-15/h8,12,15,17H,5-7,9-11H2,1-4H3. The SMILES string of the molecule is CCN(Cc1cc(CNC2CC2)c(C)o1)CC(C)C. The summed E-state index contributed by atoms with van der Waals surface area (Å²) in [5, 5.41) is 3.55. The van der Waals surface area contributed by atoms with Crippen LogP contribution in [-0.4, -0.2) is 24.0 Å². The molecule has 1 aliphatic rings. The molecule has 0 unspecified atom stereocenters. The Morgan fingerprint density at radius 1 is 1.42 bits per heavy atom. The minimum atomic E-state index is 0.701. The van der Waals surface area contributed by atoms with Crippen molar-refractivity contribution >= 4 is 0 Å². The third-order valence-corrected chi connectivity index (χ3v) is 3.68. The van der Waals surface area contributed by atoms with E-state index in [1.165, 1.54) is 18.4 Å². The van der Waals surface area contributed by atoms with Crippen molar-refractivity contribution in [1.29, 1.82) is 0 Å². The zero-order chi connectivity index (χ0) is 13.8. The molecule has 1 aromatic heterocycles.